The molecule has 1 aromatic carbocycles. The molecular weight excluding hydrogens is 412 g/mol. The second-order valence-electron chi connectivity index (χ2n) is 5.69. The van der Waals surface area contributed by atoms with Crippen LogP contribution in [0, 0.1) is 0 Å². The van der Waals surface area contributed by atoms with Crippen LogP contribution >= 0.6 is 15.9 Å². The second kappa shape index (κ2) is 7.32. The third kappa shape index (κ3) is 3.48. The van der Waals surface area contributed by atoms with Crippen molar-refractivity contribution in [2.75, 3.05) is 6.61 Å². The van der Waals surface area contributed by atoms with Crippen molar-refractivity contribution in [3.05, 3.63) is 70.3 Å². The minimum Gasteiger partial charge on any atom is -0.434 e. The summed E-state index contributed by atoms with van der Waals surface area (Å²) in [4.78, 5) is 25.1. The first-order valence-electron chi connectivity index (χ1n) is 8.34. The van der Waals surface area contributed by atoms with Crippen molar-refractivity contribution >= 4 is 27.8 Å². The van der Waals surface area contributed by atoms with Crippen molar-refractivity contribution in [2.45, 2.75) is 13.5 Å². The van der Waals surface area contributed by atoms with Gasteiger partial charge in [-0.15, -0.1) is 0 Å². The van der Waals surface area contributed by atoms with Crippen molar-refractivity contribution in [3.8, 4) is 11.6 Å². The number of ether oxygens (including phenoxy) is 2. The Kier molecular flexibility index (Phi) is 4.72. The van der Waals surface area contributed by atoms with Gasteiger partial charge in [-0.3, -0.25) is 14.5 Å². The quantitative estimate of drug-likeness (QED) is 0.593. The minimum absolute atomic E-state index is 0.175. The number of benzene rings is 1. The van der Waals surface area contributed by atoms with Gasteiger partial charge in [-0.05, 0) is 37.3 Å². The number of halogens is 1. The maximum absolute atomic E-state index is 11.6. The first-order valence-corrected chi connectivity index (χ1v) is 9.14. The molecule has 1 aliphatic rings. The molecule has 3 aromatic rings. The fourth-order valence-electron chi connectivity index (χ4n) is 2.86. The molecule has 0 fully saturated rings. The Bertz CT molecular complexity index is 1030. The molecule has 0 spiro atoms. The maximum atomic E-state index is 11.6. The largest absolute Gasteiger partial charge is 0.515 e. The molecule has 8 heteroatoms. The number of hydrogen-bond acceptors (Lipinski definition) is 6. The SMILES string of the molecule is CCOC(=O)Oc1cn2c(n1)CN=C(c1ccccn1)c1cc(Br)ccc1-2. The van der Waals surface area contributed by atoms with E-state index in [1.54, 1.807) is 19.3 Å². The van der Waals surface area contributed by atoms with Gasteiger partial charge in [-0.2, -0.15) is 4.98 Å². The average molecular weight is 427 g/mol. The Morgan fingerprint density at radius 1 is 1.30 bits per heavy atom. The van der Waals surface area contributed by atoms with Gasteiger partial charge in [0.15, 0.2) is 0 Å². The summed E-state index contributed by atoms with van der Waals surface area (Å²) in [6.45, 7) is 2.27. The Labute approximate surface area is 163 Å². The summed E-state index contributed by atoms with van der Waals surface area (Å²) in [5.41, 5.74) is 3.35. The van der Waals surface area contributed by atoms with Gasteiger partial charge >= 0.3 is 6.16 Å². The molecule has 3 heterocycles. The molecule has 0 saturated carbocycles. The summed E-state index contributed by atoms with van der Waals surface area (Å²) in [7, 11) is 0. The summed E-state index contributed by atoms with van der Waals surface area (Å²) >= 11 is 3.52. The van der Waals surface area contributed by atoms with E-state index in [4.69, 9.17) is 14.5 Å². The van der Waals surface area contributed by atoms with Crippen LogP contribution in [-0.2, 0) is 11.3 Å². The fourth-order valence-corrected chi connectivity index (χ4v) is 3.22. The van der Waals surface area contributed by atoms with Crippen molar-refractivity contribution in [3.63, 3.8) is 0 Å². The third-order valence-electron chi connectivity index (χ3n) is 3.97. The minimum atomic E-state index is -0.778. The highest BCUT2D eigenvalue weighted by Crippen LogP contribution is 2.29. The normalized spacial score (nSPS) is 12.4. The van der Waals surface area contributed by atoms with E-state index in [1.165, 1.54) is 0 Å². The number of aliphatic imine (C=N–C) groups is 1. The van der Waals surface area contributed by atoms with Crippen LogP contribution in [0.15, 0.2) is 58.3 Å². The molecule has 4 rings (SSSR count). The molecule has 0 atom stereocenters. The predicted octanol–water partition coefficient (Wildman–Crippen LogP) is 3.92. The highest BCUT2D eigenvalue weighted by Gasteiger charge is 2.22. The maximum Gasteiger partial charge on any atom is 0.515 e. The average Bonchev–Trinajstić information content (AvgIpc) is 2.99. The number of fused-ring (bicyclic) bond motifs is 3. The van der Waals surface area contributed by atoms with E-state index in [0.29, 0.717) is 12.4 Å². The predicted molar refractivity (Wildman–Crippen MR) is 102 cm³/mol. The van der Waals surface area contributed by atoms with Crippen LogP contribution in [0.25, 0.3) is 5.69 Å². The molecule has 0 unspecified atom stereocenters. The summed E-state index contributed by atoms with van der Waals surface area (Å²) in [5, 5.41) is 0. The van der Waals surface area contributed by atoms with Crippen molar-refractivity contribution in [1.82, 2.24) is 14.5 Å². The molecule has 0 bridgehead atoms. The van der Waals surface area contributed by atoms with Gasteiger partial charge < -0.3 is 9.47 Å². The van der Waals surface area contributed by atoms with E-state index < -0.39 is 6.16 Å². The Hall–Kier alpha value is -3.00. The Morgan fingerprint density at radius 3 is 2.96 bits per heavy atom. The van der Waals surface area contributed by atoms with E-state index in [9.17, 15) is 4.79 Å². The van der Waals surface area contributed by atoms with Gasteiger partial charge in [0.1, 0.15) is 5.82 Å². The van der Waals surface area contributed by atoms with Gasteiger partial charge in [0, 0.05) is 16.2 Å². The zero-order chi connectivity index (χ0) is 18.8. The number of nitrogens with zero attached hydrogens (tertiary/aromatic N) is 4. The lowest BCUT2D eigenvalue weighted by atomic mass is 10.0. The molecule has 0 radical (unpaired) electrons. The molecule has 2 aromatic heterocycles. The lowest BCUT2D eigenvalue weighted by Gasteiger charge is -2.11. The molecule has 27 heavy (non-hydrogen) atoms. The molecule has 0 aliphatic carbocycles. The number of pyridine rings is 1. The number of carbonyl (C=O) groups excluding carboxylic acids is 1. The first kappa shape index (κ1) is 17.4. The van der Waals surface area contributed by atoms with Crippen molar-refractivity contribution in [1.29, 1.82) is 0 Å². The van der Waals surface area contributed by atoms with E-state index in [0.717, 1.165) is 27.1 Å². The third-order valence-corrected chi connectivity index (χ3v) is 4.46. The monoisotopic (exact) mass is 426 g/mol. The second-order valence-corrected chi connectivity index (χ2v) is 6.61. The summed E-state index contributed by atoms with van der Waals surface area (Å²) in [5.74, 6) is 0.831. The van der Waals surface area contributed by atoms with E-state index in [-0.39, 0.29) is 12.5 Å². The molecule has 0 saturated heterocycles. The van der Waals surface area contributed by atoms with Crippen LogP contribution in [0.3, 0.4) is 0 Å². The van der Waals surface area contributed by atoms with Crippen LogP contribution in [0.1, 0.15) is 24.0 Å². The van der Waals surface area contributed by atoms with Gasteiger partial charge in [0.25, 0.3) is 0 Å². The topological polar surface area (TPSA) is 78.6 Å². The summed E-state index contributed by atoms with van der Waals surface area (Å²) in [6.07, 6.45) is 2.62. The smallest absolute Gasteiger partial charge is 0.434 e. The summed E-state index contributed by atoms with van der Waals surface area (Å²) in [6, 6.07) is 11.6. The molecule has 1 aliphatic heterocycles. The van der Waals surface area contributed by atoms with Gasteiger partial charge in [-0.25, -0.2) is 4.79 Å². The molecule has 0 N–H and O–H groups in total. The van der Waals surface area contributed by atoms with Crippen molar-refractivity contribution in [2.24, 2.45) is 4.99 Å². The molecule has 136 valence electrons. The van der Waals surface area contributed by atoms with Crippen LogP contribution in [-0.4, -0.2) is 33.0 Å². The Balaban J connectivity index is 1.80. The highest BCUT2D eigenvalue weighted by atomic mass is 79.9. The zero-order valence-electron chi connectivity index (χ0n) is 14.4. The number of imidazole rings is 1. The van der Waals surface area contributed by atoms with Crippen molar-refractivity contribution < 1.29 is 14.3 Å². The highest BCUT2D eigenvalue weighted by molar-refractivity contribution is 9.10. The first-order chi connectivity index (χ1) is 13.2. The van der Waals surface area contributed by atoms with Crippen LogP contribution in [0.5, 0.6) is 5.88 Å². The van der Waals surface area contributed by atoms with E-state index >= 15 is 0 Å². The lowest BCUT2D eigenvalue weighted by Crippen LogP contribution is -2.10. The van der Waals surface area contributed by atoms with E-state index in [2.05, 4.69) is 25.9 Å². The molecular formula is C19H15BrN4O3. The van der Waals surface area contributed by atoms with Gasteiger partial charge in [0.2, 0.25) is 5.88 Å². The number of aromatic nitrogens is 3. The lowest BCUT2D eigenvalue weighted by molar-refractivity contribution is 0.103. The number of hydrogen-bond donors (Lipinski definition) is 0. The standard InChI is InChI=1S/C19H15BrN4O3/c1-2-26-19(25)27-17-11-24-15-7-6-12(20)9-13(15)18(22-10-16(24)23-17)14-5-3-4-8-21-14/h3-9,11H,2,10H2,1H3. The number of rotatable bonds is 3. The summed E-state index contributed by atoms with van der Waals surface area (Å²) < 4.78 is 12.7. The number of carbonyl (C=O) groups is 1. The zero-order valence-corrected chi connectivity index (χ0v) is 16.0. The van der Waals surface area contributed by atoms with Crippen LogP contribution < -0.4 is 4.74 Å². The molecule has 7 nitrogen and oxygen atoms in total. The fraction of sp³-hybridized carbons (Fsp3) is 0.158. The molecule has 0 amide bonds. The van der Waals surface area contributed by atoms with Crippen LogP contribution in [0.4, 0.5) is 4.79 Å². The Morgan fingerprint density at radius 2 is 2.19 bits per heavy atom. The van der Waals surface area contributed by atoms with Crippen LogP contribution in [0.2, 0.25) is 0 Å². The van der Waals surface area contributed by atoms with Gasteiger partial charge in [0.05, 0.1) is 36.4 Å². The van der Waals surface area contributed by atoms with E-state index in [1.807, 2.05) is 41.0 Å². The van der Waals surface area contributed by atoms with Gasteiger partial charge in [-0.1, -0.05) is 22.0 Å².